The first-order valence-corrected chi connectivity index (χ1v) is 7.63. The van der Waals surface area contributed by atoms with Crippen LogP contribution < -0.4 is 10.1 Å². The third kappa shape index (κ3) is 3.75. The van der Waals surface area contributed by atoms with Crippen molar-refractivity contribution < 1.29 is 14.6 Å². The van der Waals surface area contributed by atoms with Crippen molar-refractivity contribution in [1.82, 2.24) is 5.32 Å². The molecular weight excluding hydrogens is 310 g/mol. The number of amides is 1. The van der Waals surface area contributed by atoms with Gasteiger partial charge in [-0.05, 0) is 47.5 Å². The molecule has 0 fully saturated rings. The van der Waals surface area contributed by atoms with E-state index >= 15 is 0 Å². The van der Waals surface area contributed by atoms with Crippen LogP contribution in [0.3, 0.4) is 0 Å². The molecule has 2 rings (SSSR count). The summed E-state index contributed by atoms with van der Waals surface area (Å²) in [6.07, 6.45) is 0. The molecule has 1 unspecified atom stereocenters. The predicted molar refractivity (Wildman–Crippen MR) is 84.2 cm³/mol. The van der Waals surface area contributed by atoms with Gasteiger partial charge in [0, 0.05) is 5.56 Å². The minimum atomic E-state index is -1.10. The molecule has 4 nitrogen and oxygen atoms in total. The minimum absolute atomic E-state index is 0.119. The van der Waals surface area contributed by atoms with Gasteiger partial charge < -0.3 is 15.2 Å². The zero-order chi connectivity index (χ0) is 15.5. The van der Waals surface area contributed by atoms with Gasteiger partial charge in [-0.2, -0.15) is 11.3 Å². The van der Waals surface area contributed by atoms with Crippen LogP contribution in [-0.4, -0.2) is 24.7 Å². The Bertz CT molecular complexity index is 626. The van der Waals surface area contributed by atoms with Crippen LogP contribution in [0, 0.1) is 0 Å². The summed E-state index contributed by atoms with van der Waals surface area (Å²) in [4.78, 5) is 12.1. The molecule has 21 heavy (non-hydrogen) atoms. The molecule has 0 saturated carbocycles. The summed E-state index contributed by atoms with van der Waals surface area (Å²) >= 11 is 7.42. The lowest BCUT2D eigenvalue weighted by atomic mass is 9.99. The standard InChI is InChI=1S/C15H16ClNO3S/c1-15(19,11-5-6-21-8-11)9-17-14(18)10-3-4-12(16)13(7-10)20-2/h3-8,19H,9H2,1-2H3,(H,17,18). The predicted octanol–water partition coefficient (Wildman–Crippen LogP) is 3.05. The molecule has 1 aromatic carbocycles. The van der Waals surface area contributed by atoms with Crippen LogP contribution in [0.15, 0.2) is 35.0 Å². The summed E-state index contributed by atoms with van der Waals surface area (Å²) in [7, 11) is 1.49. The first-order chi connectivity index (χ1) is 9.94. The summed E-state index contributed by atoms with van der Waals surface area (Å²) in [6, 6.07) is 6.62. The second kappa shape index (κ2) is 6.47. The van der Waals surface area contributed by atoms with E-state index in [1.165, 1.54) is 18.4 Å². The second-order valence-electron chi connectivity index (χ2n) is 4.82. The van der Waals surface area contributed by atoms with E-state index < -0.39 is 5.60 Å². The van der Waals surface area contributed by atoms with Crippen molar-refractivity contribution in [1.29, 1.82) is 0 Å². The lowest BCUT2D eigenvalue weighted by Gasteiger charge is -2.22. The Kier molecular flexibility index (Phi) is 4.88. The number of carbonyl (C=O) groups excluding carboxylic acids is 1. The molecule has 0 aliphatic rings. The van der Waals surface area contributed by atoms with Crippen molar-refractivity contribution in [3.63, 3.8) is 0 Å². The van der Waals surface area contributed by atoms with E-state index in [0.717, 1.165) is 5.56 Å². The number of rotatable bonds is 5. The van der Waals surface area contributed by atoms with Gasteiger partial charge in [-0.3, -0.25) is 4.79 Å². The molecule has 0 radical (unpaired) electrons. The van der Waals surface area contributed by atoms with Gasteiger partial charge in [0.05, 0.1) is 18.7 Å². The lowest BCUT2D eigenvalue weighted by molar-refractivity contribution is 0.0530. The van der Waals surface area contributed by atoms with Crippen molar-refractivity contribution in [2.45, 2.75) is 12.5 Å². The van der Waals surface area contributed by atoms with E-state index in [9.17, 15) is 9.90 Å². The van der Waals surface area contributed by atoms with Gasteiger partial charge in [0.15, 0.2) is 0 Å². The van der Waals surface area contributed by atoms with Crippen molar-refractivity contribution >= 4 is 28.8 Å². The lowest BCUT2D eigenvalue weighted by Crippen LogP contribution is -2.38. The molecule has 1 atom stereocenters. The molecule has 1 amide bonds. The highest BCUT2D eigenvalue weighted by Crippen LogP contribution is 2.25. The molecule has 0 bridgehead atoms. The summed E-state index contributed by atoms with van der Waals surface area (Å²) in [6.45, 7) is 1.78. The van der Waals surface area contributed by atoms with Crippen LogP contribution in [-0.2, 0) is 5.60 Å². The third-order valence-corrected chi connectivity index (χ3v) is 4.15. The van der Waals surface area contributed by atoms with Gasteiger partial charge in [0.2, 0.25) is 0 Å². The average Bonchev–Trinajstić information content (AvgIpc) is 3.00. The maximum absolute atomic E-state index is 12.1. The fourth-order valence-corrected chi connectivity index (χ4v) is 2.81. The molecule has 1 aromatic heterocycles. The van der Waals surface area contributed by atoms with Crippen molar-refractivity contribution in [3.8, 4) is 5.75 Å². The highest BCUT2D eigenvalue weighted by Gasteiger charge is 2.24. The van der Waals surface area contributed by atoms with Crippen molar-refractivity contribution in [2.24, 2.45) is 0 Å². The van der Waals surface area contributed by atoms with Gasteiger partial charge in [-0.1, -0.05) is 11.6 Å². The molecular formula is C15H16ClNO3S. The number of hydrogen-bond acceptors (Lipinski definition) is 4. The topological polar surface area (TPSA) is 58.6 Å². The summed E-state index contributed by atoms with van der Waals surface area (Å²) in [5.74, 6) is 0.148. The highest BCUT2D eigenvalue weighted by atomic mass is 35.5. The molecule has 112 valence electrons. The van der Waals surface area contributed by atoms with Gasteiger partial charge in [0.1, 0.15) is 11.4 Å². The summed E-state index contributed by atoms with van der Waals surface area (Å²) in [5, 5.41) is 17.3. The first-order valence-electron chi connectivity index (χ1n) is 6.31. The second-order valence-corrected chi connectivity index (χ2v) is 6.01. The fraction of sp³-hybridized carbons (Fsp3) is 0.267. The monoisotopic (exact) mass is 325 g/mol. The quantitative estimate of drug-likeness (QED) is 0.888. The Hall–Kier alpha value is -1.56. The maximum atomic E-state index is 12.1. The Morgan fingerprint density at radius 2 is 2.24 bits per heavy atom. The number of aliphatic hydroxyl groups is 1. The normalized spacial score (nSPS) is 13.5. The molecule has 0 aliphatic carbocycles. The van der Waals surface area contributed by atoms with E-state index in [0.29, 0.717) is 16.3 Å². The highest BCUT2D eigenvalue weighted by molar-refractivity contribution is 7.08. The zero-order valence-corrected chi connectivity index (χ0v) is 13.3. The van der Waals surface area contributed by atoms with E-state index in [-0.39, 0.29) is 12.5 Å². The van der Waals surface area contributed by atoms with Gasteiger partial charge in [0.25, 0.3) is 5.91 Å². The summed E-state index contributed by atoms with van der Waals surface area (Å²) in [5.41, 5.74) is 0.102. The van der Waals surface area contributed by atoms with Crippen LogP contribution >= 0.6 is 22.9 Å². The number of halogens is 1. The number of benzene rings is 1. The van der Waals surface area contributed by atoms with Crippen LogP contribution in [0.25, 0.3) is 0 Å². The van der Waals surface area contributed by atoms with E-state index in [4.69, 9.17) is 16.3 Å². The molecule has 2 N–H and O–H groups in total. The van der Waals surface area contributed by atoms with Crippen LogP contribution in [0.4, 0.5) is 0 Å². The van der Waals surface area contributed by atoms with E-state index in [1.54, 1.807) is 25.1 Å². The Balaban J connectivity index is 2.05. The number of carbonyl (C=O) groups is 1. The fourth-order valence-electron chi connectivity index (χ4n) is 1.83. The largest absolute Gasteiger partial charge is 0.495 e. The maximum Gasteiger partial charge on any atom is 0.251 e. The SMILES string of the molecule is COc1cc(C(=O)NCC(C)(O)c2ccsc2)ccc1Cl. The Labute approximate surface area is 132 Å². The minimum Gasteiger partial charge on any atom is -0.495 e. The van der Waals surface area contributed by atoms with Crippen LogP contribution in [0.5, 0.6) is 5.75 Å². The molecule has 1 heterocycles. The van der Waals surface area contributed by atoms with Crippen molar-refractivity contribution in [2.75, 3.05) is 13.7 Å². The first kappa shape index (κ1) is 15.8. The Morgan fingerprint density at radius 3 is 2.86 bits per heavy atom. The number of hydrogen-bond donors (Lipinski definition) is 2. The zero-order valence-electron chi connectivity index (χ0n) is 11.7. The van der Waals surface area contributed by atoms with E-state index in [2.05, 4.69) is 5.32 Å². The number of nitrogens with one attached hydrogen (secondary N) is 1. The van der Waals surface area contributed by atoms with Crippen molar-refractivity contribution in [3.05, 3.63) is 51.2 Å². The molecule has 6 heteroatoms. The number of ether oxygens (including phenoxy) is 1. The van der Waals surface area contributed by atoms with Gasteiger partial charge in [-0.25, -0.2) is 0 Å². The number of methoxy groups -OCH3 is 1. The molecule has 2 aromatic rings. The third-order valence-electron chi connectivity index (χ3n) is 3.15. The van der Waals surface area contributed by atoms with Crippen LogP contribution in [0.2, 0.25) is 5.02 Å². The smallest absolute Gasteiger partial charge is 0.251 e. The summed E-state index contributed by atoms with van der Waals surface area (Å²) < 4.78 is 5.08. The molecule has 0 saturated heterocycles. The van der Waals surface area contributed by atoms with Gasteiger partial charge >= 0.3 is 0 Å². The average molecular weight is 326 g/mol. The van der Waals surface area contributed by atoms with Crippen LogP contribution in [0.1, 0.15) is 22.8 Å². The van der Waals surface area contributed by atoms with Gasteiger partial charge in [-0.15, -0.1) is 0 Å². The molecule has 0 aliphatic heterocycles. The molecule has 0 spiro atoms. The number of thiophene rings is 1. The Morgan fingerprint density at radius 1 is 1.48 bits per heavy atom. The van der Waals surface area contributed by atoms with E-state index in [1.807, 2.05) is 16.8 Å².